The number of hydrogen-bond donors (Lipinski definition) is 1. The smallest absolute Gasteiger partial charge is 0.341 e. The monoisotopic (exact) mass is 313 g/mol. The highest BCUT2D eigenvalue weighted by molar-refractivity contribution is 6.31. The molecule has 2 aromatic heterocycles. The van der Waals surface area contributed by atoms with Gasteiger partial charge in [0, 0.05) is 6.20 Å². The normalized spacial score (nSPS) is 14.9. The van der Waals surface area contributed by atoms with E-state index in [1.807, 2.05) is 0 Å². The lowest BCUT2D eigenvalue weighted by atomic mass is 10.0. The molecular weight excluding hydrogens is 304 g/mol. The van der Waals surface area contributed by atoms with Gasteiger partial charge in [-0.1, -0.05) is 11.6 Å². The van der Waals surface area contributed by atoms with Crippen molar-refractivity contribution in [1.82, 2.24) is 4.40 Å². The van der Waals surface area contributed by atoms with Crippen molar-refractivity contribution in [2.45, 2.75) is 25.2 Å². The fourth-order valence-electron chi connectivity index (χ4n) is 2.49. The number of carboxylic acid groups (broad SMARTS) is 1. The molecule has 110 valence electrons. The van der Waals surface area contributed by atoms with Gasteiger partial charge < -0.3 is 5.11 Å². The molecule has 0 unspecified atom stereocenters. The summed E-state index contributed by atoms with van der Waals surface area (Å²) in [5.41, 5.74) is -1.19. The summed E-state index contributed by atoms with van der Waals surface area (Å²) in [4.78, 5) is 23.3. The van der Waals surface area contributed by atoms with Gasteiger partial charge in [-0.2, -0.15) is 0 Å². The molecule has 2 heterocycles. The molecule has 0 aliphatic heterocycles. The molecule has 0 radical (unpaired) electrons. The minimum atomic E-state index is -2.85. The number of aromatic carboxylic acids is 1. The first-order valence-corrected chi connectivity index (χ1v) is 6.68. The van der Waals surface area contributed by atoms with Gasteiger partial charge in [-0.3, -0.25) is 9.20 Å². The SMILES string of the molecule is O=C(O)c1cc(C2CC2)c2c(C(F)F)c(Cl)ccn2c1=O. The van der Waals surface area contributed by atoms with E-state index in [0.29, 0.717) is 5.56 Å². The summed E-state index contributed by atoms with van der Waals surface area (Å²) in [5, 5.41) is 8.97. The average molecular weight is 314 g/mol. The number of alkyl halides is 2. The van der Waals surface area contributed by atoms with E-state index in [1.54, 1.807) is 0 Å². The summed E-state index contributed by atoms with van der Waals surface area (Å²) in [6, 6.07) is 2.39. The fraction of sp³-hybridized carbons (Fsp3) is 0.286. The Morgan fingerprint density at radius 2 is 2.10 bits per heavy atom. The highest BCUT2D eigenvalue weighted by Gasteiger charge is 2.31. The fourth-order valence-corrected chi connectivity index (χ4v) is 2.72. The van der Waals surface area contributed by atoms with Crippen LogP contribution in [-0.4, -0.2) is 15.5 Å². The van der Waals surface area contributed by atoms with Crippen LogP contribution in [0.3, 0.4) is 0 Å². The first-order valence-electron chi connectivity index (χ1n) is 6.31. The number of aromatic nitrogens is 1. The highest BCUT2D eigenvalue weighted by Crippen LogP contribution is 2.44. The second-order valence-electron chi connectivity index (χ2n) is 4.99. The number of carboxylic acids is 1. The van der Waals surface area contributed by atoms with Gasteiger partial charge in [0.2, 0.25) is 0 Å². The molecule has 0 saturated heterocycles. The molecule has 7 heteroatoms. The van der Waals surface area contributed by atoms with Crippen molar-refractivity contribution >= 4 is 23.1 Å². The summed E-state index contributed by atoms with van der Waals surface area (Å²) in [7, 11) is 0. The third-order valence-electron chi connectivity index (χ3n) is 3.61. The Hall–Kier alpha value is -1.95. The topological polar surface area (TPSA) is 58.8 Å². The lowest BCUT2D eigenvalue weighted by Gasteiger charge is -2.14. The molecule has 4 nitrogen and oxygen atoms in total. The van der Waals surface area contributed by atoms with Crippen molar-refractivity contribution in [2.75, 3.05) is 0 Å². The Kier molecular flexibility index (Phi) is 3.20. The lowest BCUT2D eigenvalue weighted by Crippen LogP contribution is -2.23. The van der Waals surface area contributed by atoms with Crippen LogP contribution in [0.1, 0.15) is 46.7 Å². The van der Waals surface area contributed by atoms with Crippen LogP contribution in [0.5, 0.6) is 0 Å². The minimum Gasteiger partial charge on any atom is -0.477 e. The van der Waals surface area contributed by atoms with E-state index < -0.39 is 29.1 Å². The largest absolute Gasteiger partial charge is 0.477 e. The molecule has 21 heavy (non-hydrogen) atoms. The number of fused-ring (bicyclic) bond motifs is 1. The molecule has 0 bridgehead atoms. The van der Waals surface area contributed by atoms with Crippen molar-refractivity contribution in [3.8, 4) is 0 Å². The molecule has 0 atom stereocenters. The quantitative estimate of drug-likeness (QED) is 0.944. The Balaban J connectivity index is 2.50. The molecule has 0 spiro atoms. The number of hydrogen-bond acceptors (Lipinski definition) is 2. The molecular formula is C14H10ClF2NO3. The molecule has 1 fully saturated rings. The molecule has 1 saturated carbocycles. The van der Waals surface area contributed by atoms with Gasteiger partial charge in [-0.15, -0.1) is 0 Å². The van der Waals surface area contributed by atoms with Crippen LogP contribution in [0.25, 0.3) is 5.52 Å². The van der Waals surface area contributed by atoms with E-state index in [2.05, 4.69) is 0 Å². The molecule has 2 aromatic rings. The Labute approximate surface area is 122 Å². The van der Waals surface area contributed by atoms with Gasteiger partial charge in [0.25, 0.3) is 12.0 Å². The average Bonchev–Trinajstić information content (AvgIpc) is 3.22. The van der Waals surface area contributed by atoms with Gasteiger partial charge in [0.15, 0.2) is 0 Å². The first-order chi connectivity index (χ1) is 9.91. The van der Waals surface area contributed by atoms with Gasteiger partial charge in [-0.05, 0) is 36.5 Å². The van der Waals surface area contributed by atoms with Crippen LogP contribution in [-0.2, 0) is 0 Å². The molecule has 0 aromatic carbocycles. The molecule has 0 amide bonds. The first kappa shape index (κ1) is 14.0. The van der Waals surface area contributed by atoms with E-state index in [4.69, 9.17) is 16.7 Å². The van der Waals surface area contributed by atoms with Gasteiger partial charge in [0.1, 0.15) is 5.56 Å². The van der Waals surface area contributed by atoms with Gasteiger partial charge in [0.05, 0.1) is 16.1 Å². The molecule has 1 aliphatic rings. The summed E-state index contributed by atoms with van der Waals surface area (Å²) < 4.78 is 27.6. The second-order valence-corrected chi connectivity index (χ2v) is 5.40. The summed E-state index contributed by atoms with van der Waals surface area (Å²) in [5.74, 6) is -1.38. The van der Waals surface area contributed by atoms with E-state index >= 15 is 0 Å². The minimum absolute atomic E-state index is 0.00494. The predicted octanol–water partition coefficient (Wildman–Crippen LogP) is 3.47. The Morgan fingerprint density at radius 3 is 2.62 bits per heavy atom. The Morgan fingerprint density at radius 1 is 1.43 bits per heavy atom. The van der Waals surface area contributed by atoms with Crippen LogP contribution >= 0.6 is 11.6 Å². The van der Waals surface area contributed by atoms with Crippen LogP contribution < -0.4 is 5.56 Å². The van der Waals surface area contributed by atoms with Crippen LogP contribution in [0, 0.1) is 0 Å². The second kappa shape index (κ2) is 4.80. The maximum atomic E-state index is 13.3. The third-order valence-corrected chi connectivity index (χ3v) is 3.94. The van der Waals surface area contributed by atoms with E-state index in [1.165, 1.54) is 18.3 Å². The van der Waals surface area contributed by atoms with Gasteiger partial charge >= 0.3 is 5.97 Å². The predicted molar refractivity (Wildman–Crippen MR) is 72.6 cm³/mol. The van der Waals surface area contributed by atoms with Gasteiger partial charge in [-0.25, -0.2) is 13.6 Å². The van der Waals surface area contributed by atoms with Crippen LogP contribution in [0.4, 0.5) is 8.78 Å². The Bertz CT molecular complexity index is 812. The maximum absolute atomic E-state index is 13.3. The van der Waals surface area contributed by atoms with Crippen molar-refractivity contribution < 1.29 is 18.7 Å². The molecule has 3 rings (SSSR count). The third kappa shape index (κ3) is 2.19. The maximum Gasteiger partial charge on any atom is 0.341 e. The standard InChI is InChI=1S/C14H10ClF2NO3/c15-9-3-4-18-11(10(9)12(16)17)7(6-1-2-6)5-8(13(18)19)14(20)21/h3-6,12H,1-2H2,(H,20,21). The zero-order valence-corrected chi connectivity index (χ0v) is 11.4. The number of rotatable bonds is 3. The zero-order chi connectivity index (χ0) is 15.3. The van der Waals surface area contributed by atoms with Crippen LogP contribution in [0.15, 0.2) is 23.1 Å². The highest BCUT2D eigenvalue weighted by atomic mass is 35.5. The number of nitrogens with zero attached hydrogens (tertiary/aromatic N) is 1. The number of halogens is 3. The zero-order valence-electron chi connectivity index (χ0n) is 10.6. The molecule has 1 N–H and O–H groups in total. The summed E-state index contributed by atoms with van der Waals surface area (Å²) >= 11 is 5.84. The van der Waals surface area contributed by atoms with Crippen molar-refractivity contribution in [2.24, 2.45) is 0 Å². The van der Waals surface area contributed by atoms with E-state index in [0.717, 1.165) is 17.2 Å². The lowest BCUT2D eigenvalue weighted by molar-refractivity contribution is 0.0694. The molecule has 1 aliphatic carbocycles. The van der Waals surface area contributed by atoms with E-state index in [-0.39, 0.29) is 16.5 Å². The van der Waals surface area contributed by atoms with E-state index in [9.17, 15) is 18.4 Å². The van der Waals surface area contributed by atoms with Crippen molar-refractivity contribution in [1.29, 1.82) is 0 Å². The summed E-state index contributed by atoms with van der Waals surface area (Å²) in [6.07, 6.45) is -0.0460. The number of pyridine rings is 2. The number of carbonyl (C=O) groups is 1. The van der Waals surface area contributed by atoms with Crippen LogP contribution in [0.2, 0.25) is 5.02 Å². The van der Waals surface area contributed by atoms with Crippen molar-refractivity contribution in [3.05, 3.63) is 50.4 Å². The summed E-state index contributed by atoms with van der Waals surface area (Å²) in [6.45, 7) is 0. The van der Waals surface area contributed by atoms with Crippen molar-refractivity contribution in [3.63, 3.8) is 0 Å².